The highest BCUT2D eigenvalue weighted by molar-refractivity contribution is 7.97. The molecule has 0 bridgehead atoms. The molecule has 0 unspecified atom stereocenters. The highest BCUT2D eigenvalue weighted by atomic mass is 32.2. The van der Waals surface area contributed by atoms with Crippen LogP contribution < -0.4 is 16.2 Å². The zero-order valence-electron chi connectivity index (χ0n) is 17.1. The average Bonchev–Trinajstić information content (AvgIpc) is 2.71. The third kappa shape index (κ3) is 11.0. The summed E-state index contributed by atoms with van der Waals surface area (Å²) < 4.78 is 42.5. The number of ether oxygens (including phenoxy) is 1. The molecule has 0 aliphatic carbocycles. The Hall–Kier alpha value is -2.31. The predicted molar refractivity (Wildman–Crippen MR) is 110 cm³/mol. The van der Waals surface area contributed by atoms with Gasteiger partial charge in [-0.1, -0.05) is 0 Å². The summed E-state index contributed by atoms with van der Waals surface area (Å²) in [5, 5.41) is 7.50. The van der Waals surface area contributed by atoms with Gasteiger partial charge >= 0.3 is 11.9 Å². The number of nitrogens with two attached hydrogens (primary N) is 2. The summed E-state index contributed by atoms with van der Waals surface area (Å²) in [6, 6.07) is 3.68. The Morgan fingerprint density at radius 1 is 1.39 bits per heavy atom. The number of aromatic nitrogens is 1. The number of rotatable bonds is 9. The van der Waals surface area contributed by atoms with Gasteiger partial charge in [0.2, 0.25) is 11.8 Å². The zero-order chi connectivity index (χ0) is 23.4. The summed E-state index contributed by atoms with van der Waals surface area (Å²) in [6.07, 6.45) is 4.62. The lowest BCUT2D eigenvalue weighted by Crippen LogP contribution is -2.30. The second-order valence-electron chi connectivity index (χ2n) is 6.92. The molecule has 8 nitrogen and oxygen atoms in total. The van der Waals surface area contributed by atoms with Crippen LogP contribution in [-0.4, -0.2) is 58.4 Å². The van der Waals surface area contributed by atoms with E-state index in [2.05, 4.69) is 9.29 Å². The average molecular weight is 465 g/mol. The number of nitrogens with zero attached hydrogens (tertiary/aromatic N) is 2. The molecule has 0 atom stereocenters. The number of carbonyl (C=O) groups is 2. The first-order valence-electron chi connectivity index (χ1n) is 9.44. The van der Waals surface area contributed by atoms with Gasteiger partial charge in [0.25, 0.3) is 0 Å². The fourth-order valence-electron chi connectivity index (χ4n) is 2.45. The van der Waals surface area contributed by atoms with Gasteiger partial charge in [0.15, 0.2) is 0 Å². The largest absolute Gasteiger partial charge is 0.477 e. The SMILES string of the molecule is CC(F)(F)C(=O)O.NC/C(=C/F)COc1ccc(SN2CCC(CC(N)=O)CC2)cn1. The lowest BCUT2D eigenvalue weighted by atomic mass is 9.94. The summed E-state index contributed by atoms with van der Waals surface area (Å²) in [5.74, 6) is -5.06. The highest BCUT2D eigenvalue weighted by Crippen LogP contribution is 2.29. The minimum absolute atomic E-state index is 0.0971. The molecule has 0 aromatic carbocycles. The van der Waals surface area contributed by atoms with Gasteiger partial charge in [-0.3, -0.25) is 4.79 Å². The molecule has 31 heavy (non-hydrogen) atoms. The maximum atomic E-state index is 12.4. The van der Waals surface area contributed by atoms with E-state index in [1.54, 1.807) is 24.2 Å². The van der Waals surface area contributed by atoms with E-state index in [1.165, 1.54) is 0 Å². The Balaban J connectivity index is 0.000000592. The number of primary amides is 1. The predicted octanol–water partition coefficient (Wildman–Crippen LogP) is 2.59. The van der Waals surface area contributed by atoms with Crippen molar-refractivity contribution in [2.45, 2.75) is 37.0 Å². The van der Waals surface area contributed by atoms with Gasteiger partial charge in [-0.15, -0.1) is 0 Å². The highest BCUT2D eigenvalue weighted by Gasteiger charge is 2.31. The number of halogens is 3. The molecule has 0 spiro atoms. The quantitative estimate of drug-likeness (QED) is 0.475. The maximum Gasteiger partial charge on any atom is 0.374 e. The first kappa shape index (κ1) is 26.7. The minimum atomic E-state index is -3.58. The van der Waals surface area contributed by atoms with E-state index in [0.29, 0.717) is 37.0 Å². The third-order valence-electron chi connectivity index (χ3n) is 4.20. The molecule has 174 valence electrons. The van der Waals surface area contributed by atoms with Crippen LogP contribution in [0.15, 0.2) is 35.1 Å². The summed E-state index contributed by atoms with van der Waals surface area (Å²) >= 11 is 1.64. The molecule has 2 rings (SSSR count). The van der Waals surface area contributed by atoms with Gasteiger partial charge in [-0.2, -0.15) is 8.78 Å². The lowest BCUT2D eigenvalue weighted by molar-refractivity contribution is -0.161. The molecule has 1 aliphatic rings. The van der Waals surface area contributed by atoms with Crippen LogP contribution in [0.25, 0.3) is 0 Å². The van der Waals surface area contributed by atoms with Crippen molar-refractivity contribution in [2.24, 2.45) is 17.4 Å². The molecule has 1 aromatic rings. The molecule has 1 fully saturated rings. The first-order chi connectivity index (χ1) is 14.5. The third-order valence-corrected chi connectivity index (χ3v) is 5.28. The molecule has 1 aliphatic heterocycles. The van der Waals surface area contributed by atoms with Crippen molar-refractivity contribution in [3.05, 3.63) is 30.2 Å². The van der Waals surface area contributed by atoms with Crippen molar-refractivity contribution >= 4 is 23.8 Å². The van der Waals surface area contributed by atoms with Crippen LogP contribution in [0.5, 0.6) is 5.88 Å². The fraction of sp³-hybridized carbons (Fsp3) is 0.526. The monoisotopic (exact) mass is 464 g/mol. The first-order valence-corrected chi connectivity index (χ1v) is 10.2. The number of carboxylic acids is 1. The van der Waals surface area contributed by atoms with Gasteiger partial charge < -0.3 is 21.3 Å². The van der Waals surface area contributed by atoms with Gasteiger partial charge in [-0.05, 0) is 36.8 Å². The Bertz CT molecular complexity index is 737. The number of piperidine rings is 1. The van der Waals surface area contributed by atoms with Gasteiger partial charge in [0.1, 0.15) is 6.61 Å². The summed E-state index contributed by atoms with van der Waals surface area (Å²) in [6.45, 7) is 2.38. The Labute approximate surface area is 182 Å². The van der Waals surface area contributed by atoms with E-state index in [1.807, 2.05) is 6.07 Å². The molecule has 2 heterocycles. The number of alkyl halides is 2. The van der Waals surface area contributed by atoms with Crippen molar-refractivity contribution in [1.29, 1.82) is 0 Å². The van der Waals surface area contributed by atoms with E-state index in [0.717, 1.165) is 30.8 Å². The molecule has 0 saturated carbocycles. The maximum absolute atomic E-state index is 12.4. The number of hydrogen-bond donors (Lipinski definition) is 3. The van der Waals surface area contributed by atoms with E-state index < -0.39 is 11.9 Å². The van der Waals surface area contributed by atoms with Crippen LogP contribution in [0.3, 0.4) is 0 Å². The molecule has 1 saturated heterocycles. The van der Waals surface area contributed by atoms with E-state index in [-0.39, 0.29) is 19.1 Å². The Morgan fingerprint density at radius 2 is 2.00 bits per heavy atom. The van der Waals surface area contributed by atoms with E-state index in [9.17, 15) is 22.8 Å². The Morgan fingerprint density at radius 3 is 2.42 bits per heavy atom. The zero-order valence-corrected chi connectivity index (χ0v) is 17.9. The molecular formula is C19H27F3N4O4S. The summed E-state index contributed by atoms with van der Waals surface area (Å²) in [7, 11) is 0. The number of aliphatic carboxylic acids is 1. The fourth-order valence-corrected chi connectivity index (χ4v) is 3.37. The van der Waals surface area contributed by atoms with Gasteiger partial charge in [0, 0.05) is 55.7 Å². The van der Waals surface area contributed by atoms with Gasteiger partial charge in [-0.25, -0.2) is 18.5 Å². The minimum Gasteiger partial charge on any atom is -0.477 e. The van der Waals surface area contributed by atoms with Crippen molar-refractivity contribution in [3.63, 3.8) is 0 Å². The van der Waals surface area contributed by atoms with E-state index >= 15 is 0 Å². The van der Waals surface area contributed by atoms with E-state index in [4.69, 9.17) is 21.3 Å². The van der Waals surface area contributed by atoms with Crippen LogP contribution in [0.1, 0.15) is 26.2 Å². The molecule has 1 amide bonds. The molecule has 1 aromatic heterocycles. The lowest BCUT2D eigenvalue weighted by Gasteiger charge is -2.30. The molecule has 0 radical (unpaired) electrons. The molecule has 5 N–H and O–H groups in total. The van der Waals surface area contributed by atoms with Crippen molar-refractivity contribution in [1.82, 2.24) is 9.29 Å². The summed E-state index contributed by atoms with van der Waals surface area (Å²) in [5.41, 5.74) is 11.0. The number of carbonyl (C=O) groups excluding carboxylic acids is 1. The number of pyridine rings is 1. The second-order valence-corrected chi connectivity index (χ2v) is 8.09. The molecule has 12 heteroatoms. The Kier molecular flexibility index (Phi) is 11.4. The van der Waals surface area contributed by atoms with Crippen LogP contribution in [0.4, 0.5) is 13.2 Å². The van der Waals surface area contributed by atoms with Crippen molar-refractivity contribution in [3.8, 4) is 5.88 Å². The van der Waals surface area contributed by atoms with Crippen LogP contribution in [0.2, 0.25) is 0 Å². The van der Waals surface area contributed by atoms with Crippen molar-refractivity contribution < 1.29 is 32.6 Å². The van der Waals surface area contributed by atoms with Crippen LogP contribution in [-0.2, 0) is 9.59 Å². The number of hydrogen-bond acceptors (Lipinski definition) is 7. The van der Waals surface area contributed by atoms with Crippen LogP contribution >= 0.6 is 11.9 Å². The second kappa shape index (κ2) is 13.2. The smallest absolute Gasteiger partial charge is 0.374 e. The van der Waals surface area contributed by atoms with Gasteiger partial charge in [0.05, 0.1) is 6.33 Å². The summed E-state index contributed by atoms with van der Waals surface area (Å²) in [4.78, 5) is 25.5. The molecular weight excluding hydrogens is 437 g/mol. The number of amides is 1. The normalized spacial score (nSPS) is 15.7. The standard InChI is InChI=1S/C16H23FN4O2S.C3H4F2O2/c17-8-13(9-18)11-23-16-2-1-14(10-20-16)24-21-5-3-12(4-6-21)7-15(19)22;1-3(4,5)2(6)7/h1-2,8,10,12H,3-7,9,11,18H2,(H2,19,22);1H3,(H,6,7)/b13-8-;. The van der Waals surface area contributed by atoms with Crippen LogP contribution in [0, 0.1) is 5.92 Å². The topological polar surface area (TPSA) is 132 Å². The van der Waals surface area contributed by atoms with Crippen molar-refractivity contribution in [2.75, 3.05) is 26.2 Å². The number of carboxylic acid groups (broad SMARTS) is 1.